The first kappa shape index (κ1) is 25.6. The third-order valence-corrected chi connectivity index (χ3v) is 10.0. The van der Waals surface area contributed by atoms with E-state index in [1.54, 1.807) is 0 Å². The Balaban J connectivity index is 1.60. The minimum Gasteiger partial charge on any atom is -0.337 e. The number of nitrogens with zero attached hydrogens (tertiary/aromatic N) is 2. The average Bonchev–Trinajstić information content (AvgIpc) is 3.65. The van der Waals surface area contributed by atoms with Crippen LogP contribution in [0.4, 0.5) is 8.78 Å². The molecule has 0 radical (unpaired) electrons. The fraction of sp³-hybridized carbons (Fsp3) is 0.500. The van der Waals surface area contributed by atoms with E-state index in [-0.39, 0.29) is 22.4 Å². The monoisotopic (exact) mass is 537 g/mol. The number of carbonyl (C=O) groups is 1. The molecule has 1 aliphatic carbocycles. The lowest BCUT2D eigenvalue weighted by Crippen LogP contribution is -2.59. The Morgan fingerprint density at radius 3 is 2.36 bits per heavy atom. The maximum Gasteiger partial charge on any atom is 0.243 e. The smallest absolute Gasteiger partial charge is 0.243 e. The van der Waals surface area contributed by atoms with Crippen molar-refractivity contribution in [3.8, 4) is 0 Å². The van der Waals surface area contributed by atoms with Crippen LogP contribution < -0.4 is 5.32 Å². The van der Waals surface area contributed by atoms with Gasteiger partial charge in [-0.15, -0.1) is 0 Å². The largest absolute Gasteiger partial charge is 0.337 e. The van der Waals surface area contributed by atoms with Crippen molar-refractivity contribution in [3.63, 3.8) is 0 Å². The molecule has 2 aromatic carbocycles. The molecule has 0 bridgehead atoms. The van der Waals surface area contributed by atoms with Crippen molar-refractivity contribution >= 4 is 27.5 Å². The number of piperidine rings is 1. The van der Waals surface area contributed by atoms with Crippen LogP contribution >= 0.6 is 11.6 Å². The van der Waals surface area contributed by atoms with Crippen LogP contribution in [0, 0.1) is 17.0 Å². The highest BCUT2D eigenvalue weighted by Gasteiger charge is 2.62. The first-order valence-corrected chi connectivity index (χ1v) is 14.2. The molecule has 3 fully saturated rings. The first-order valence-electron chi connectivity index (χ1n) is 12.4. The normalized spacial score (nSPS) is 26.6. The number of hydrogen-bond acceptors (Lipinski definition) is 4. The number of piperazine rings is 1. The van der Waals surface area contributed by atoms with E-state index in [1.807, 2.05) is 11.8 Å². The average molecular weight is 538 g/mol. The number of nitrogens with one attached hydrogen (secondary N) is 1. The Morgan fingerprint density at radius 2 is 1.75 bits per heavy atom. The topological polar surface area (TPSA) is 69.7 Å². The maximum absolute atomic E-state index is 14.2. The molecule has 194 valence electrons. The predicted octanol–water partition coefficient (Wildman–Crippen LogP) is 4.50. The number of hydrogen-bond donors (Lipinski definition) is 1. The van der Waals surface area contributed by atoms with Crippen molar-refractivity contribution in [1.82, 2.24) is 14.5 Å². The van der Waals surface area contributed by atoms with Crippen molar-refractivity contribution in [2.75, 3.05) is 19.6 Å². The molecule has 0 spiro atoms. The van der Waals surface area contributed by atoms with E-state index in [1.165, 1.54) is 40.7 Å². The summed E-state index contributed by atoms with van der Waals surface area (Å²) in [5, 5.41) is 3.68. The molecule has 0 aromatic heterocycles. The van der Waals surface area contributed by atoms with Crippen LogP contribution in [0.2, 0.25) is 5.02 Å². The number of sulfonamides is 1. The first-order chi connectivity index (χ1) is 17.1. The lowest BCUT2D eigenvalue weighted by molar-refractivity contribution is -0.142. The fourth-order valence-electron chi connectivity index (χ4n) is 5.89. The minimum atomic E-state index is -4.13. The SMILES string of the molecule is C[C@@H]1CNCCN1C(=O)C1([C@H]2CCC[C@@H](c3cc(F)cc(F)c3)N2S(=O)(=O)c2ccc(Cl)cc2)CC1. The maximum atomic E-state index is 14.2. The number of halogens is 3. The van der Waals surface area contributed by atoms with E-state index in [4.69, 9.17) is 11.6 Å². The molecule has 1 amide bonds. The van der Waals surface area contributed by atoms with Crippen molar-refractivity contribution < 1.29 is 22.0 Å². The molecule has 6 nitrogen and oxygen atoms in total. The predicted molar refractivity (Wildman–Crippen MR) is 133 cm³/mol. The van der Waals surface area contributed by atoms with Gasteiger partial charge in [0.1, 0.15) is 11.6 Å². The summed E-state index contributed by atoms with van der Waals surface area (Å²) >= 11 is 6.01. The summed E-state index contributed by atoms with van der Waals surface area (Å²) in [4.78, 5) is 15.8. The van der Waals surface area contributed by atoms with Crippen molar-refractivity contribution in [1.29, 1.82) is 0 Å². The van der Waals surface area contributed by atoms with Gasteiger partial charge in [-0.25, -0.2) is 17.2 Å². The lowest BCUT2D eigenvalue weighted by atomic mass is 9.83. The molecule has 3 atom stereocenters. The van der Waals surface area contributed by atoms with Gasteiger partial charge in [-0.05, 0) is 81.0 Å². The molecule has 5 rings (SSSR count). The highest BCUT2D eigenvalue weighted by Crippen LogP contribution is 2.57. The zero-order chi connectivity index (χ0) is 25.7. The van der Waals surface area contributed by atoms with E-state index in [0.29, 0.717) is 56.8 Å². The molecule has 1 N–H and O–H groups in total. The number of carbonyl (C=O) groups excluding carboxylic acids is 1. The zero-order valence-electron chi connectivity index (χ0n) is 20.1. The van der Waals surface area contributed by atoms with E-state index in [2.05, 4.69) is 5.32 Å². The van der Waals surface area contributed by atoms with Gasteiger partial charge in [-0.2, -0.15) is 4.31 Å². The van der Waals surface area contributed by atoms with E-state index in [0.717, 1.165) is 6.07 Å². The van der Waals surface area contributed by atoms with Gasteiger partial charge < -0.3 is 10.2 Å². The summed E-state index contributed by atoms with van der Waals surface area (Å²) in [7, 11) is -4.13. The van der Waals surface area contributed by atoms with Gasteiger partial charge in [0.2, 0.25) is 15.9 Å². The van der Waals surface area contributed by atoms with Crippen molar-refractivity contribution in [3.05, 3.63) is 64.7 Å². The van der Waals surface area contributed by atoms with Crippen molar-refractivity contribution in [2.24, 2.45) is 5.41 Å². The van der Waals surface area contributed by atoms with Gasteiger partial charge in [0.25, 0.3) is 0 Å². The van der Waals surface area contributed by atoms with Crippen LogP contribution in [-0.2, 0) is 14.8 Å². The van der Waals surface area contributed by atoms with E-state index >= 15 is 0 Å². The van der Waals surface area contributed by atoms with Crippen LogP contribution in [0.5, 0.6) is 0 Å². The molecule has 10 heteroatoms. The fourth-order valence-corrected chi connectivity index (χ4v) is 7.95. The Kier molecular flexibility index (Phi) is 6.87. The highest BCUT2D eigenvalue weighted by atomic mass is 35.5. The molecule has 3 aliphatic rings. The van der Waals surface area contributed by atoms with Crippen LogP contribution in [0.15, 0.2) is 47.4 Å². The second-order valence-corrected chi connectivity index (χ2v) is 12.4. The minimum absolute atomic E-state index is 0.00162. The summed E-state index contributed by atoms with van der Waals surface area (Å²) in [5.74, 6) is -1.55. The Hall–Kier alpha value is -2.07. The van der Waals surface area contributed by atoms with Crippen LogP contribution in [0.25, 0.3) is 0 Å². The molecule has 2 heterocycles. The molecule has 2 aliphatic heterocycles. The highest BCUT2D eigenvalue weighted by molar-refractivity contribution is 7.89. The summed E-state index contributed by atoms with van der Waals surface area (Å²) in [6.07, 6.45) is 2.73. The standard InChI is InChI=1S/C26H30ClF2N3O3S/c1-17-16-30-11-12-31(17)25(33)26(9-10-26)24-4-2-3-23(18-13-20(28)15-21(29)14-18)32(24)36(34,35)22-7-5-19(27)6-8-22/h5-8,13-15,17,23-24,30H,2-4,9-12,16H2,1H3/t17-,23+,24-/m1/s1. The zero-order valence-corrected chi connectivity index (χ0v) is 21.7. The molecule has 2 aromatic rings. The lowest BCUT2D eigenvalue weighted by Gasteiger charge is -2.46. The van der Waals surface area contributed by atoms with Crippen LogP contribution in [-0.4, -0.2) is 55.2 Å². The second-order valence-electron chi connectivity index (χ2n) is 10.2. The molecule has 1 saturated carbocycles. The Morgan fingerprint density at radius 1 is 1.08 bits per heavy atom. The van der Waals surface area contributed by atoms with Crippen LogP contribution in [0.3, 0.4) is 0 Å². The van der Waals surface area contributed by atoms with Gasteiger partial charge in [-0.3, -0.25) is 4.79 Å². The number of rotatable bonds is 5. The summed E-state index contributed by atoms with van der Waals surface area (Å²) < 4.78 is 58.2. The quantitative estimate of drug-likeness (QED) is 0.609. The third kappa shape index (κ3) is 4.55. The third-order valence-electron chi connectivity index (χ3n) is 7.84. The molecule has 0 unspecified atom stereocenters. The van der Waals surface area contributed by atoms with Gasteiger partial charge in [0.05, 0.1) is 16.4 Å². The van der Waals surface area contributed by atoms with Gasteiger partial charge in [-0.1, -0.05) is 11.6 Å². The number of amides is 1. The van der Waals surface area contributed by atoms with Gasteiger partial charge in [0, 0.05) is 42.8 Å². The van der Waals surface area contributed by atoms with Gasteiger partial charge in [0.15, 0.2) is 0 Å². The summed E-state index contributed by atoms with van der Waals surface area (Å²) in [5.41, 5.74) is -0.580. The second kappa shape index (κ2) is 9.67. The molecular formula is C26H30ClF2N3O3S. The van der Waals surface area contributed by atoms with Crippen LogP contribution in [0.1, 0.15) is 50.6 Å². The van der Waals surface area contributed by atoms with E-state index < -0.39 is 39.2 Å². The number of benzene rings is 2. The molecular weight excluding hydrogens is 508 g/mol. The molecule has 36 heavy (non-hydrogen) atoms. The Bertz CT molecular complexity index is 1230. The van der Waals surface area contributed by atoms with Gasteiger partial charge >= 0.3 is 0 Å². The Labute approximate surface area is 215 Å². The van der Waals surface area contributed by atoms with E-state index in [9.17, 15) is 22.0 Å². The summed E-state index contributed by atoms with van der Waals surface area (Å²) in [6.45, 7) is 3.93. The molecule has 2 saturated heterocycles. The van der Waals surface area contributed by atoms with Crippen molar-refractivity contribution in [2.45, 2.75) is 62.0 Å². The summed E-state index contributed by atoms with van der Waals surface area (Å²) in [6, 6.07) is 7.65.